The van der Waals surface area contributed by atoms with E-state index in [2.05, 4.69) is 32.0 Å². The number of β-amino-alcohol motifs (C(OH)–C–C–N with tert-alkyl or cyclic N) is 1. The Morgan fingerprint density at radius 1 is 1.42 bits per heavy atom. The Bertz CT molecular complexity index is 668. The molecule has 2 aromatic heterocycles. The van der Waals surface area contributed by atoms with E-state index in [0.29, 0.717) is 18.2 Å². The first kappa shape index (κ1) is 17.5. The number of rotatable bonds is 7. The first-order chi connectivity index (χ1) is 11.5. The smallest absolute Gasteiger partial charge is 0.151 e. The van der Waals surface area contributed by atoms with Crippen LogP contribution >= 0.6 is 11.6 Å². The molecule has 1 fully saturated rings. The van der Waals surface area contributed by atoms with Crippen LogP contribution in [-0.2, 0) is 19.4 Å². The number of aryl methyl sites for hydroxylation is 2. The number of hydrogen-bond acceptors (Lipinski definition) is 4. The van der Waals surface area contributed by atoms with E-state index >= 15 is 0 Å². The van der Waals surface area contributed by atoms with Crippen LogP contribution in [0.1, 0.15) is 42.7 Å². The predicted octanol–water partition coefficient (Wildman–Crippen LogP) is 2.47. The zero-order valence-electron chi connectivity index (χ0n) is 14.3. The van der Waals surface area contributed by atoms with Gasteiger partial charge >= 0.3 is 0 Å². The molecule has 1 aliphatic rings. The lowest BCUT2D eigenvalue weighted by molar-refractivity contribution is 0.140. The molecule has 0 unspecified atom stereocenters. The second-order valence-electron chi connectivity index (χ2n) is 6.82. The van der Waals surface area contributed by atoms with Crippen molar-refractivity contribution in [2.24, 2.45) is 5.92 Å². The van der Waals surface area contributed by atoms with Gasteiger partial charge in [-0.25, -0.2) is 4.98 Å². The topological polar surface area (TPSA) is 80.8 Å². The summed E-state index contributed by atoms with van der Waals surface area (Å²) in [4.78, 5) is 9.98. The number of likely N-dealkylation sites (tertiary alicyclic amines) is 1. The average molecular weight is 352 g/mol. The lowest BCUT2D eigenvalue weighted by Gasteiger charge is -2.14. The lowest BCUT2D eigenvalue weighted by atomic mass is 10.0. The Balaban J connectivity index is 1.57. The van der Waals surface area contributed by atoms with Gasteiger partial charge in [-0.05, 0) is 25.8 Å². The summed E-state index contributed by atoms with van der Waals surface area (Å²) in [5.41, 5.74) is 3.02. The fourth-order valence-corrected chi connectivity index (χ4v) is 3.56. The molecule has 3 heterocycles. The molecular formula is C17H26ClN5O. The molecule has 0 aromatic carbocycles. The van der Waals surface area contributed by atoms with E-state index in [9.17, 15) is 5.11 Å². The Hall–Kier alpha value is -1.37. The van der Waals surface area contributed by atoms with Crippen LogP contribution in [0, 0.1) is 12.8 Å². The van der Waals surface area contributed by atoms with Gasteiger partial charge in [-0.1, -0.05) is 24.9 Å². The molecule has 0 spiro atoms. The molecule has 2 aromatic rings. The molecule has 3 N–H and O–H groups in total. The molecule has 0 amide bonds. The van der Waals surface area contributed by atoms with Crippen molar-refractivity contribution in [1.82, 2.24) is 25.1 Å². The minimum Gasteiger partial charge on any atom is -0.391 e. The molecule has 1 saturated heterocycles. The normalized spacial score (nSPS) is 21.7. The van der Waals surface area contributed by atoms with Crippen LogP contribution in [0.2, 0.25) is 5.15 Å². The van der Waals surface area contributed by atoms with Gasteiger partial charge in [0.05, 0.1) is 17.5 Å². The van der Waals surface area contributed by atoms with Gasteiger partial charge in [-0.2, -0.15) is 5.10 Å². The maximum Gasteiger partial charge on any atom is 0.151 e. The first-order valence-electron chi connectivity index (χ1n) is 8.69. The van der Waals surface area contributed by atoms with Crippen molar-refractivity contribution in [3.8, 4) is 0 Å². The Labute approximate surface area is 147 Å². The molecule has 0 radical (unpaired) electrons. The molecule has 3 rings (SSSR count). The summed E-state index contributed by atoms with van der Waals surface area (Å²) in [5.74, 6) is 1.16. The highest BCUT2D eigenvalue weighted by molar-refractivity contribution is 6.30. The SMILES string of the molecule is CCCCc1nc(Cl)c(CN2C[C@@H](Cc3cc(C)[nH]n3)[C@H](O)C2)[nH]1. The zero-order valence-corrected chi connectivity index (χ0v) is 15.1. The van der Waals surface area contributed by atoms with Crippen molar-refractivity contribution in [2.45, 2.75) is 52.2 Å². The number of nitrogens with zero attached hydrogens (tertiary/aromatic N) is 3. The largest absolute Gasteiger partial charge is 0.391 e. The maximum absolute atomic E-state index is 10.4. The highest BCUT2D eigenvalue weighted by atomic mass is 35.5. The summed E-state index contributed by atoms with van der Waals surface area (Å²) in [6, 6.07) is 2.04. The van der Waals surface area contributed by atoms with E-state index in [4.69, 9.17) is 11.6 Å². The van der Waals surface area contributed by atoms with Crippen LogP contribution in [0.3, 0.4) is 0 Å². The molecule has 24 heavy (non-hydrogen) atoms. The van der Waals surface area contributed by atoms with Gasteiger partial charge in [0.15, 0.2) is 5.15 Å². The number of H-pyrrole nitrogens is 2. The van der Waals surface area contributed by atoms with Gasteiger partial charge in [0.25, 0.3) is 0 Å². The third-order valence-electron chi connectivity index (χ3n) is 4.64. The van der Waals surface area contributed by atoms with Crippen LogP contribution in [0.25, 0.3) is 0 Å². The summed E-state index contributed by atoms with van der Waals surface area (Å²) in [6.45, 7) is 6.36. The third-order valence-corrected chi connectivity index (χ3v) is 4.95. The van der Waals surface area contributed by atoms with Crippen LogP contribution < -0.4 is 0 Å². The van der Waals surface area contributed by atoms with Gasteiger partial charge in [0.1, 0.15) is 5.82 Å². The van der Waals surface area contributed by atoms with Crippen molar-refractivity contribution in [3.63, 3.8) is 0 Å². The fourth-order valence-electron chi connectivity index (χ4n) is 3.35. The van der Waals surface area contributed by atoms with Crippen LogP contribution in [0.15, 0.2) is 6.07 Å². The van der Waals surface area contributed by atoms with E-state index in [0.717, 1.165) is 55.1 Å². The van der Waals surface area contributed by atoms with Crippen molar-refractivity contribution in [1.29, 1.82) is 0 Å². The van der Waals surface area contributed by atoms with E-state index in [1.165, 1.54) is 0 Å². The quantitative estimate of drug-likeness (QED) is 0.715. The predicted molar refractivity (Wildman–Crippen MR) is 94.0 cm³/mol. The van der Waals surface area contributed by atoms with Gasteiger partial charge in [-0.3, -0.25) is 10.00 Å². The molecule has 2 atom stereocenters. The van der Waals surface area contributed by atoms with Crippen LogP contribution in [0.5, 0.6) is 0 Å². The highest BCUT2D eigenvalue weighted by Crippen LogP contribution is 2.24. The first-order valence-corrected chi connectivity index (χ1v) is 9.07. The highest BCUT2D eigenvalue weighted by Gasteiger charge is 2.32. The number of aromatic nitrogens is 4. The zero-order chi connectivity index (χ0) is 17.1. The van der Waals surface area contributed by atoms with E-state index in [1.54, 1.807) is 0 Å². The number of imidazole rings is 1. The number of aliphatic hydroxyl groups is 1. The number of halogens is 1. The summed E-state index contributed by atoms with van der Waals surface area (Å²) in [6.07, 6.45) is 3.64. The number of aliphatic hydroxyl groups excluding tert-OH is 1. The molecule has 6 nitrogen and oxygen atoms in total. The molecular weight excluding hydrogens is 326 g/mol. The minimum absolute atomic E-state index is 0.203. The second kappa shape index (κ2) is 7.68. The average Bonchev–Trinajstić information content (AvgIpc) is 3.20. The minimum atomic E-state index is -0.330. The Morgan fingerprint density at radius 2 is 2.25 bits per heavy atom. The van der Waals surface area contributed by atoms with Crippen molar-refractivity contribution in [2.75, 3.05) is 13.1 Å². The van der Waals surface area contributed by atoms with Gasteiger partial charge in [-0.15, -0.1) is 0 Å². The molecule has 0 saturated carbocycles. The molecule has 0 aliphatic carbocycles. The fraction of sp³-hybridized carbons (Fsp3) is 0.647. The number of hydrogen-bond donors (Lipinski definition) is 3. The number of unbranched alkanes of at least 4 members (excludes halogenated alkanes) is 1. The monoisotopic (exact) mass is 351 g/mol. The lowest BCUT2D eigenvalue weighted by Crippen LogP contribution is -2.21. The van der Waals surface area contributed by atoms with Gasteiger partial charge in [0, 0.05) is 37.7 Å². The summed E-state index contributed by atoms with van der Waals surface area (Å²) >= 11 is 6.26. The van der Waals surface area contributed by atoms with E-state index in [-0.39, 0.29) is 12.0 Å². The molecule has 7 heteroatoms. The van der Waals surface area contributed by atoms with Crippen LogP contribution in [0.4, 0.5) is 0 Å². The van der Waals surface area contributed by atoms with Gasteiger partial charge in [0.2, 0.25) is 0 Å². The van der Waals surface area contributed by atoms with E-state index in [1.807, 2.05) is 13.0 Å². The van der Waals surface area contributed by atoms with Crippen molar-refractivity contribution < 1.29 is 5.11 Å². The maximum atomic E-state index is 10.4. The summed E-state index contributed by atoms with van der Waals surface area (Å²) in [5, 5.41) is 18.2. The van der Waals surface area contributed by atoms with Crippen molar-refractivity contribution in [3.05, 3.63) is 34.1 Å². The van der Waals surface area contributed by atoms with E-state index < -0.39 is 0 Å². The number of nitrogens with one attached hydrogen (secondary N) is 2. The Kier molecular flexibility index (Phi) is 5.58. The summed E-state index contributed by atoms with van der Waals surface area (Å²) < 4.78 is 0. The molecule has 132 valence electrons. The van der Waals surface area contributed by atoms with Crippen LogP contribution in [-0.4, -0.2) is 49.4 Å². The third kappa shape index (κ3) is 4.18. The molecule has 1 aliphatic heterocycles. The second-order valence-corrected chi connectivity index (χ2v) is 7.18. The summed E-state index contributed by atoms with van der Waals surface area (Å²) in [7, 11) is 0. The number of aromatic amines is 2. The standard InChI is InChI=1S/C17H26ClN5O/c1-3-4-5-16-19-14(17(18)20-16)9-23-8-12(15(24)10-23)7-13-6-11(2)21-22-13/h6,12,15,24H,3-5,7-10H2,1-2H3,(H,19,20)(H,21,22)/t12-,15-/m1/s1. The van der Waals surface area contributed by atoms with Gasteiger partial charge < -0.3 is 10.1 Å². The molecule has 0 bridgehead atoms. The van der Waals surface area contributed by atoms with Crippen molar-refractivity contribution >= 4 is 11.6 Å². The Morgan fingerprint density at radius 3 is 2.96 bits per heavy atom.